The molecule has 1 aliphatic carbocycles. The number of halogens is 1. The summed E-state index contributed by atoms with van der Waals surface area (Å²) < 4.78 is 15.6. The average Bonchev–Trinajstić information content (AvgIpc) is 2.95. The van der Waals surface area contributed by atoms with Crippen molar-refractivity contribution in [3.05, 3.63) is 74.6 Å². The van der Waals surface area contributed by atoms with Gasteiger partial charge in [0.05, 0.1) is 10.6 Å². The van der Waals surface area contributed by atoms with Gasteiger partial charge in [-0.25, -0.2) is 9.38 Å². The van der Waals surface area contributed by atoms with Crippen molar-refractivity contribution in [3.63, 3.8) is 0 Å². The molecule has 0 unspecified atom stereocenters. The van der Waals surface area contributed by atoms with E-state index in [0.717, 1.165) is 41.7 Å². The minimum absolute atomic E-state index is 0.00310. The van der Waals surface area contributed by atoms with Gasteiger partial charge in [-0.1, -0.05) is 37.8 Å². The van der Waals surface area contributed by atoms with Gasteiger partial charge in [0.1, 0.15) is 11.5 Å². The number of thiazole rings is 1. The van der Waals surface area contributed by atoms with Crippen molar-refractivity contribution < 1.29 is 9.31 Å². The number of hydrogen-bond donors (Lipinski definition) is 0. The first-order valence-electron chi connectivity index (χ1n) is 9.87. The maximum atomic E-state index is 13.4. The van der Waals surface area contributed by atoms with E-state index in [1.54, 1.807) is 30.3 Å². The Morgan fingerprint density at radius 3 is 2.41 bits per heavy atom. The molecular weight excluding hydrogens is 389 g/mol. The molecule has 4 rings (SSSR count). The van der Waals surface area contributed by atoms with Crippen LogP contribution in [0.4, 0.5) is 15.8 Å². The Labute approximate surface area is 172 Å². The first kappa shape index (κ1) is 19.5. The van der Waals surface area contributed by atoms with Gasteiger partial charge in [0.15, 0.2) is 4.80 Å². The Bertz CT molecular complexity index is 1060. The van der Waals surface area contributed by atoms with Crippen molar-refractivity contribution in [3.8, 4) is 11.3 Å². The largest absolute Gasteiger partial charge is 0.313 e. The van der Waals surface area contributed by atoms with Gasteiger partial charge in [-0.2, -0.15) is 0 Å². The summed E-state index contributed by atoms with van der Waals surface area (Å²) in [7, 11) is 0. The highest BCUT2D eigenvalue weighted by Crippen LogP contribution is 2.32. The maximum absolute atomic E-state index is 13.4. The quantitative estimate of drug-likeness (QED) is 0.284. The second-order valence-electron chi connectivity index (χ2n) is 7.28. The molecule has 3 aromatic rings. The standard InChI is InChI=1S/C22H22FN3O2S/c23-17-13-11-16(12-14-17)21-15-29-22(25(21)18-7-3-1-2-4-8-18)24-19-9-5-6-10-20(19)26(27)28/h5-6,9-15,18H,1-4,7-8H2. The molecule has 1 saturated carbocycles. The Hall–Kier alpha value is -2.80. The van der Waals surface area contributed by atoms with E-state index in [4.69, 9.17) is 4.99 Å². The van der Waals surface area contributed by atoms with E-state index in [1.165, 1.54) is 42.4 Å². The summed E-state index contributed by atoms with van der Waals surface area (Å²) in [6.07, 6.45) is 6.86. The minimum atomic E-state index is -0.399. The van der Waals surface area contributed by atoms with Crippen LogP contribution >= 0.6 is 11.3 Å². The molecule has 1 heterocycles. The molecule has 0 N–H and O–H groups in total. The molecular formula is C22H22FN3O2S. The zero-order chi connectivity index (χ0) is 20.2. The lowest BCUT2D eigenvalue weighted by Crippen LogP contribution is -2.21. The number of aromatic nitrogens is 1. The lowest BCUT2D eigenvalue weighted by atomic mass is 10.1. The fraction of sp³-hybridized carbons (Fsp3) is 0.318. The molecule has 0 amide bonds. The van der Waals surface area contributed by atoms with Gasteiger partial charge in [0, 0.05) is 17.5 Å². The maximum Gasteiger partial charge on any atom is 0.294 e. The summed E-state index contributed by atoms with van der Waals surface area (Å²) in [5.41, 5.74) is 2.26. The summed E-state index contributed by atoms with van der Waals surface area (Å²) in [4.78, 5) is 16.4. The number of nitrogens with zero attached hydrogens (tertiary/aromatic N) is 3. The van der Waals surface area contributed by atoms with E-state index in [-0.39, 0.29) is 17.5 Å². The van der Waals surface area contributed by atoms with Gasteiger partial charge >= 0.3 is 0 Å². The van der Waals surface area contributed by atoms with Crippen LogP contribution in [0, 0.1) is 15.9 Å². The van der Waals surface area contributed by atoms with Crippen LogP contribution in [0.25, 0.3) is 11.3 Å². The highest BCUT2D eigenvalue weighted by Gasteiger charge is 2.20. The van der Waals surface area contributed by atoms with Crippen molar-refractivity contribution in [2.24, 2.45) is 4.99 Å². The summed E-state index contributed by atoms with van der Waals surface area (Å²) in [6, 6.07) is 13.3. The van der Waals surface area contributed by atoms with Gasteiger partial charge in [-0.15, -0.1) is 11.3 Å². The zero-order valence-corrected chi connectivity index (χ0v) is 16.8. The first-order valence-corrected chi connectivity index (χ1v) is 10.8. The second kappa shape index (κ2) is 8.69. The molecule has 0 bridgehead atoms. The molecule has 0 saturated heterocycles. The van der Waals surface area contributed by atoms with Crippen molar-refractivity contribution >= 4 is 22.7 Å². The molecule has 5 nitrogen and oxygen atoms in total. The monoisotopic (exact) mass is 411 g/mol. The molecule has 1 aromatic heterocycles. The lowest BCUT2D eigenvalue weighted by Gasteiger charge is -2.20. The normalized spacial score (nSPS) is 16.0. The summed E-state index contributed by atoms with van der Waals surface area (Å²) >= 11 is 1.47. The van der Waals surface area contributed by atoms with E-state index in [9.17, 15) is 14.5 Å². The molecule has 0 aliphatic heterocycles. The van der Waals surface area contributed by atoms with E-state index < -0.39 is 4.92 Å². The van der Waals surface area contributed by atoms with Crippen LogP contribution in [0.2, 0.25) is 0 Å². The molecule has 1 fully saturated rings. The van der Waals surface area contributed by atoms with E-state index in [2.05, 4.69) is 4.57 Å². The third-order valence-corrected chi connectivity index (χ3v) is 6.21. The Kier molecular flexibility index (Phi) is 5.85. The van der Waals surface area contributed by atoms with E-state index in [1.807, 2.05) is 5.38 Å². The van der Waals surface area contributed by atoms with Gasteiger partial charge in [0.25, 0.3) is 5.69 Å². The second-order valence-corrected chi connectivity index (χ2v) is 8.12. The van der Waals surface area contributed by atoms with Gasteiger partial charge in [0.2, 0.25) is 0 Å². The van der Waals surface area contributed by atoms with E-state index >= 15 is 0 Å². The molecule has 0 radical (unpaired) electrons. The zero-order valence-electron chi connectivity index (χ0n) is 16.0. The van der Waals surface area contributed by atoms with Gasteiger partial charge in [-0.05, 0) is 48.7 Å². The fourth-order valence-corrected chi connectivity index (χ4v) is 4.90. The lowest BCUT2D eigenvalue weighted by molar-refractivity contribution is -0.384. The topological polar surface area (TPSA) is 60.4 Å². The minimum Gasteiger partial charge on any atom is -0.313 e. The number of nitro benzene ring substituents is 1. The van der Waals surface area contributed by atoms with Crippen LogP contribution in [0.3, 0.4) is 0 Å². The molecule has 2 aromatic carbocycles. The van der Waals surface area contributed by atoms with Crippen LogP contribution < -0.4 is 4.80 Å². The number of para-hydroxylation sites is 2. The van der Waals surface area contributed by atoms with Crippen molar-refractivity contribution in [2.75, 3.05) is 0 Å². The van der Waals surface area contributed by atoms with E-state index in [0.29, 0.717) is 5.69 Å². The van der Waals surface area contributed by atoms with Crippen molar-refractivity contribution in [1.29, 1.82) is 0 Å². The molecule has 1 aliphatic rings. The number of benzene rings is 2. The van der Waals surface area contributed by atoms with Crippen LogP contribution in [0.5, 0.6) is 0 Å². The predicted molar refractivity (Wildman–Crippen MR) is 113 cm³/mol. The fourth-order valence-electron chi connectivity index (χ4n) is 3.92. The summed E-state index contributed by atoms with van der Waals surface area (Å²) in [5.74, 6) is -0.269. The average molecular weight is 412 g/mol. The van der Waals surface area contributed by atoms with Crippen molar-refractivity contribution in [2.45, 2.75) is 44.6 Å². The van der Waals surface area contributed by atoms with Crippen LogP contribution in [-0.4, -0.2) is 9.49 Å². The molecule has 0 spiro atoms. The first-order chi connectivity index (χ1) is 14.1. The summed E-state index contributed by atoms with van der Waals surface area (Å²) in [6.45, 7) is 0. The highest BCUT2D eigenvalue weighted by molar-refractivity contribution is 7.07. The van der Waals surface area contributed by atoms with Crippen LogP contribution in [0.1, 0.15) is 44.6 Å². The van der Waals surface area contributed by atoms with Crippen LogP contribution in [0.15, 0.2) is 58.9 Å². The third kappa shape index (κ3) is 4.29. The van der Waals surface area contributed by atoms with Gasteiger partial charge < -0.3 is 4.57 Å². The number of rotatable bonds is 4. The molecule has 7 heteroatoms. The summed E-state index contributed by atoms with van der Waals surface area (Å²) in [5, 5.41) is 13.4. The molecule has 150 valence electrons. The highest BCUT2D eigenvalue weighted by atomic mass is 32.1. The SMILES string of the molecule is O=[N+]([O-])c1ccccc1N=c1scc(-c2ccc(F)cc2)n1C1CCCCCC1. The smallest absolute Gasteiger partial charge is 0.294 e. The number of hydrogen-bond acceptors (Lipinski definition) is 4. The third-order valence-electron chi connectivity index (χ3n) is 5.37. The van der Waals surface area contributed by atoms with Crippen molar-refractivity contribution in [1.82, 2.24) is 4.57 Å². The predicted octanol–water partition coefficient (Wildman–Crippen LogP) is 6.39. The number of nitro groups is 1. The van der Waals surface area contributed by atoms with Crippen LogP contribution in [-0.2, 0) is 0 Å². The Balaban J connectivity index is 1.88. The Morgan fingerprint density at radius 2 is 1.72 bits per heavy atom. The molecule has 0 atom stereocenters. The van der Waals surface area contributed by atoms with Gasteiger partial charge in [-0.3, -0.25) is 10.1 Å². The Morgan fingerprint density at radius 1 is 1.03 bits per heavy atom. The molecule has 29 heavy (non-hydrogen) atoms.